The maximum absolute atomic E-state index is 12.4. The maximum Gasteiger partial charge on any atom is 0.237 e. The van der Waals surface area contributed by atoms with Crippen molar-refractivity contribution in [2.75, 3.05) is 32.8 Å². The van der Waals surface area contributed by atoms with Crippen molar-refractivity contribution in [3.63, 3.8) is 0 Å². The molecule has 0 aliphatic carbocycles. The summed E-state index contributed by atoms with van der Waals surface area (Å²) in [5, 5.41) is 6.11. The number of carbonyl (C=O) groups is 2. The van der Waals surface area contributed by atoms with E-state index in [9.17, 15) is 9.59 Å². The number of rotatable bonds is 10. The Morgan fingerprint density at radius 3 is 2.44 bits per heavy atom. The van der Waals surface area contributed by atoms with Crippen molar-refractivity contribution in [3.8, 4) is 0 Å². The van der Waals surface area contributed by atoms with Crippen molar-refractivity contribution in [1.82, 2.24) is 15.5 Å². The van der Waals surface area contributed by atoms with Crippen LogP contribution < -0.4 is 10.6 Å². The first-order valence-electron chi connectivity index (χ1n) is 9.72. The Bertz CT molecular complexity index is 418. The van der Waals surface area contributed by atoms with Crippen LogP contribution in [0.4, 0.5) is 0 Å². The normalized spacial score (nSPS) is 18.0. The van der Waals surface area contributed by atoms with Gasteiger partial charge in [0, 0.05) is 31.2 Å². The third kappa shape index (κ3) is 7.74. The zero-order chi connectivity index (χ0) is 18.9. The second-order valence-corrected chi connectivity index (χ2v) is 7.55. The quantitative estimate of drug-likeness (QED) is 0.588. The van der Waals surface area contributed by atoms with Crippen LogP contribution in [-0.2, 0) is 14.3 Å². The summed E-state index contributed by atoms with van der Waals surface area (Å²) in [5.74, 6) is 0.275. The second-order valence-electron chi connectivity index (χ2n) is 7.55. The minimum absolute atomic E-state index is 0.0608. The summed E-state index contributed by atoms with van der Waals surface area (Å²) in [4.78, 5) is 26.8. The number of carbonyl (C=O) groups excluding carboxylic acids is 2. The van der Waals surface area contributed by atoms with Gasteiger partial charge in [0.2, 0.25) is 11.8 Å². The van der Waals surface area contributed by atoms with Gasteiger partial charge in [0.25, 0.3) is 0 Å². The average molecular weight is 356 g/mol. The van der Waals surface area contributed by atoms with Gasteiger partial charge >= 0.3 is 0 Å². The van der Waals surface area contributed by atoms with E-state index in [0.717, 1.165) is 38.8 Å². The molecule has 0 radical (unpaired) electrons. The Hall–Kier alpha value is -1.14. The van der Waals surface area contributed by atoms with E-state index in [-0.39, 0.29) is 29.3 Å². The Balaban J connectivity index is 2.32. The van der Waals surface area contributed by atoms with Crippen molar-refractivity contribution >= 4 is 11.8 Å². The van der Waals surface area contributed by atoms with Crippen LogP contribution >= 0.6 is 0 Å². The van der Waals surface area contributed by atoms with Crippen molar-refractivity contribution in [1.29, 1.82) is 0 Å². The summed E-state index contributed by atoms with van der Waals surface area (Å²) in [7, 11) is 0. The van der Waals surface area contributed by atoms with Crippen LogP contribution in [0.15, 0.2) is 0 Å². The molecular weight excluding hydrogens is 318 g/mol. The molecule has 1 aliphatic heterocycles. The fourth-order valence-corrected chi connectivity index (χ4v) is 2.92. The van der Waals surface area contributed by atoms with E-state index in [1.807, 2.05) is 27.7 Å². The van der Waals surface area contributed by atoms with Gasteiger partial charge in [-0.15, -0.1) is 0 Å². The van der Waals surface area contributed by atoms with Crippen LogP contribution in [0, 0.1) is 5.92 Å². The topological polar surface area (TPSA) is 70.7 Å². The molecule has 1 unspecified atom stereocenters. The van der Waals surface area contributed by atoms with Gasteiger partial charge in [-0.2, -0.15) is 0 Å². The number of likely N-dealkylation sites (tertiary alicyclic amines) is 1. The lowest BCUT2D eigenvalue weighted by Gasteiger charge is -2.36. The van der Waals surface area contributed by atoms with Gasteiger partial charge < -0.3 is 15.4 Å². The van der Waals surface area contributed by atoms with Gasteiger partial charge in [-0.3, -0.25) is 14.5 Å². The molecule has 1 atom stereocenters. The molecule has 146 valence electrons. The average Bonchev–Trinajstić information content (AvgIpc) is 2.60. The minimum atomic E-state index is -0.176. The third-order valence-corrected chi connectivity index (χ3v) is 5.14. The van der Waals surface area contributed by atoms with E-state index in [1.54, 1.807) is 0 Å². The number of nitrogens with zero attached hydrogens (tertiary/aromatic N) is 1. The Morgan fingerprint density at radius 2 is 1.88 bits per heavy atom. The summed E-state index contributed by atoms with van der Waals surface area (Å²) in [6.07, 6.45) is 3.37. The molecule has 0 spiro atoms. The zero-order valence-corrected chi connectivity index (χ0v) is 16.7. The molecule has 1 fully saturated rings. The molecule has 1 heterocycles. The van der Waals surface area contributed by atoms with Gasteiger partial charge in [0.1, 0.15) is 0 Å². The van der Waals surface area contributed by atoms with Crippen LogP contribution in [0.5, 0.6) is 0 Å². The highest BCUT2D eigenvalue weighted by molar-refractivity contribution is 5.82. The summed E-state index contributed by atoms with van der Waals surface area (Å²) < 4.78 is 5.27. The highest BCUT2D eigenvalue weighted by Crippen LogP contribution is 2.20. The predicted octanol–water partition coefficient (Wildman–Crippen LogP) is 1.93. The first-order valence-corrected chi connectivity index (χ1v) is 9.72. The first kappa shape index (κ1) is 21.9. The number of nitrogens with one attached hydrogen (secondary N) is 2. The standard InChI is InChI=1S/C19H37N3O3/c1-6-19(4,5)21-17(23)15(3)22-12-9-16(10-13-22)18(24)20-11-8-14-25-7-2/h15-16H,6-14H2,1-5H3,(H,20,24)(H,21,23). The fraction of sp³-hybridized carbons (Fsp3) is 0.895. The van der Waals surface area contributed by atoms with Crippen LogP contribution in [0.3, 0.4) is 0 Å². The lowest BCUT2D eigenvalue weighted by Crippen LogP contribution is -2.54. The smallest absolute Gasteiger partial charge is 0.237 e. The van der Waals surface area contributed by atoms with Crippen molar-refractivity contribution in [2.24, 2.45) is 5.92 Å². The van der Waals surface area contributed by atoms with Crippen LogP contribution in [0.2, 0.25) is 0 Å². The van der Waals surface area contributed by atoms with E-state index in [0.29, 0.717) is 19.8 Å². The summed E-state index contributed by atoms with van der Waals surface area (Å²) in [5.41, 5.74) is -0.176. The number of hydrogen-bond donors (Lipinski definition) is 2. The van der Waals surface area contributed by atoms with Crippen LogP contribution in [0.25, 0.3) is 0 Å². The Morgan fingerprint density at radius 1 is 1.24 bits per heavy atom. The molecule has 1 saturated heterocycles. The van der Waals surface area contributed by atoms with Crippen LogP contribution in [-0.4, -0.2) is 61.1 Å². The van der Waals surface area contributed by atoms with E-state index in [1.165, 1.54) is 0 Å². The predicted molar refractivity (Wildman–Crippen MR) is 100 cm³/mol. The lowest BCUT2D eigenvalue weighted by molar-refractivity contribution is -0.129. The van der Waals surface area contributed by atoms with Crippen LogP contribution in [0.1, 0.15) is 60.3 Å². The largest absolute Gasteiger partial charge is 0.382 e. The highest BCUT2D eigenvalue weighted by Gasteiger charge is 2.31. The lowest BCUT2D eigenvalue weighted by atomic mass is 9.94. The number of piperidine rings is 1. The minimum Gasteiger partial charge on any atom is -0.382 e. The van der Waals surface area contributed by atoms with E-state index in [4.69, 9.17) is 4.74 Å². The van der Waals surface area contributed by atoms with Gasteiger partial charge in [0.05, 0.1) is 6.04 Å². The first-order chi connectivity index (χ1) is 11.8. The van der Waals surface area contributed by atoms with E-state index >= 15 is 0 Å². The summed E-state index contributed by atoms with van der Waals surface area (Å²) >= 11 is 0. The van der Waals surface area contributed by atoms with Gasteiger partial charge in [0.15, 0.2) is 0 Å². The Labute approximate surface area is 153 Å². The molecule has 25 heavy (non-hydrogen) atoms. The number of ether oxygens (including phenoxy) is 1. The molecule has 0 aromatic rings. The molecular formula is C19H37N3O3. The van der Waals surface area contributed by atoms with Gasteiger partial charge in [-0.25, -0.2) is 0 Å². The summed E-state index contributed by atoms with van der Waals surface area (Å²) in [6, 6.07) is -0.152. The molecule has 6 heteroatoms. The van der Waals surface area contributed by atoms with Crippen molar-refractivity contribution in [2.45, 2.75) is 71.9 Å². The molecule has 6 nitrogen and oxygen atoms in total. The summed E-state index contributed by atoms with van der Waals surface area (Å²) in [6.45, 7) is 13.7. The monoisotopic (exact) mass is 355 g/mol. The second kappa shape index (κ2) is 10.8. The fourth-order valence-electron chi connectivity index (χ4n) is 2.92. The SMILES string of the molecule is CCOCCCNC(=O)C1CCN(C(C)C(=O)NC(C)(C)CC)CC1. The molecule has 0 saturated carbocycles. The molecule has 2 amide bonds. The van der Waals surface area contributed by atoms with Crippen molar-refractivity contribution in [3.05, 3.63) is 0 Å². The highest BCUT2D eigenvalue weighted by atomic mass is 16.5. The van der Waals surface area contributed by atoms with Crippen molar-refractivity contribution < 1.29 is 14.3 Å². The molecule has 2 N–H and O–H groups in total. The molecule has 1 aliphatic rings. The molecule has 0 bridgehead atoms. The number of hydrogen-bond acceptors (Lipinski definition) is 4. The Kier molecular flexibility index (Phi) is 9.43. The third-order valence-electron chi connectivity index (χ3n) is 5.14. The van der Waals surface area contributed by atoms with Gasteiger partial charge in [-0.05, 0) is 66.5 Å². The molecule has 1 rings (SSSR count). The van der Waals surface area contributed by atoms with E-state index in [2.05, 4.69) is 22.5 Å². The van der Waals surface area contributed by atoms with E-state index < -0.39 is 0 Å². The van der Waals surface area contributed by atoms with Gasteiger partial charge in [-0.1, -0.05) is 6.92 Å². The molecule has 0 aromatic carbocycles. The number of amides is 2. The maximum atomic E-state index is 12.4. The zero-order valence-electron chi connectivity index (χ0n) is 16.7. The molecule has 0 aromatic heterocycles.